The topological polar surface area (TPSA) is 93.6 Å². The van der Waals surface area contributed by atoms with Crippen molar-refractivity contribution in [2.45, 2.75) is 19.3 Å². The second-order valence-electron chi connectivity index (χ2n) is 5.35. The van der Waals surface area contributed by atoms with E-state index in [1.54, 1.807) is 38.1 Å². The van der Waals surface area contributed by atoms with Crippen molar-refractivity contribution in [1.82, 2.24) is 14.5 Å². The van der Waals surface area contributed by atoms with E-state index in [2.05, 4.69) is 4.98 Å². The fraction of sp³-hybridized carbons (Fsp3) is 0.500. The van der Waals surface area contributed by atoms with E-state index in [1.165, 1.54) is 10.8 Å². The second-order valence-corrected chi connectivity index (χ2v) is 5.35. The van der Waals surface area contributed by atoms with Crippen molar-refractivity contribution < 1.29 is 14.3 Å². The number of carbonyl (C=O) groups is 1. The Balaban J connectivity index is 1.95. The molecule has 0 saturated heterocycles. The summed E-state index contributed by atoms with van der Waals surface area (Å²) in [5.41, 5.74) is -0.551. The average Bonchev–Trinajstić information content (AvgIpc) is 2.88. The maximum atomic E-state index is 11.8. The van der Waals surface area contributed by atoms with Crippen molar-refractivity contribution in [1.29, 1.82) is 0 Å². The van der Waals surface area contributed by atoms with Crippen LogP contribution in [0.15, 0.2) is 27.9 Å². The van der Waals surface area contributed by atoms with E-state index in [9.17, 15) is 14.4 Å². The van der Waals surface area contributed by atoms with Gasteiger partial charge in [-0.3, -0.25) is 24.0 Å². The van der Waals surface area contributed by atoms with Gasteiger partial charge in [-0.05, 0) is 27.1 Å². The highest BCUT2D eigenvalue weighted by Gasteiger charge is 2.23. The Bertz CT molecular complexity index is 688. The van der Waals surface area contributed by atoms with Gasteiger partial charge in [-0.15, -0.1) is 0 Å². The molecule has 0 aromatic carbocycles. The zero-order valence-corrected chi connectivity index (χ0v) is 12.7. The Morgan fingerprint density at radius 3 is 2.82 bits per heavy atom. The molecule has 2 atom stereocenters. The summed E-state index contributed by atoms with van der Waals surface area (Å²) in [6.07, 6.45) is 3.80. The molecular weight excluding hydrogens is 290 g/mol. The molecule has 1 aliphatic rings. The molecule has 0 amide bonds. The van der Waals surface area contributed by atoms with E-state index < -0.39 is 23.6 Å². The third-order valence-corrected chi connectivity index (χ3v) is 3.08. The summed E-state index contributed by atoms with van der Waals surface area (Å²) >= 11 is 0. The van der Waals surface area contributed by atoms with Gasteiger partial charge >= 0.3 is 11.7 Å². The van der Waals surface area contributed by atoms with Crippen LogP contribution in [-0.2, 0) is 14.3 Å². The molecule has 0 bridgehead atoms. The summed E-state index contributed by atoms with van der Waals surface area (Å²) in [7, 11) is 3.54. The molecule has 8 heteroatoms. The molecule has 1 aromatic rings. The van der Waals surface area contributed by atoms with Crippen molar-refractivity contribution in [2.24, 2.45) is 0 Å². The van der Waals surface area contributed by atoms with Gasteiger partial charge in [-0.2, -0.15) is 0 Å². The van der Waals surface area contributed by atoms with E-state index in [1.807, 2.05) is 0 Å². The first-order chi connectivity index (χ1) is 10.4. The molecule has 0 spiro atoms. The summed E-state index contributed by atoms with van der Waals surface area (Å²) < 4.78 is 12.0. The maximum absolute atomic E-state index is 11.8. The molecule has 120 valence electrons. The molecule has 0 aliphatic carbocycles. The number of aryl methyl sites for hydroxylation is 1. The first-order valence-electron chi connectivity index (χ1n) is 6.83. The van der Waals surface area contributed by atoms with Gasteiger partial charge in [0.1, 0.15) is 12.7 Å². The molecule has 2 unspecified atom stereocenters. The Morgan fingerprint density at radius 2 is 2.14 bits per heavy atom. The average molecular weight is 309 g/mol. The van der Waals surface area contributed by atoms with Gasteiger partial charge in [-0.1, -0.05) is 6.08 Å². The van der Waals surface area contributed by atoms with E-state index in [0.29, 0.717) is 5.56 Å². The van der Waals surface area contributed by atoms with E-state index >= 15 is 0 Å². The third-order valence-electron chi connectivity index (χ3n) is 3.08. The van der Waals surface area contributed by atoms with E-state index in [0.717, 1.165) is 0 Å². The monoisotopic (exact) mass is 309 g/mol. The zero-order chi connectivity index (χ0) is 16.3. The molecule has 1 aromatic heterocycles. The first kappa shape index (κ1) is 16.2. The van der Waals surface area contributed by atoms with Crippen molar-refractivity contribution in [2.75, 3.05) is 27.2 Å². The second kappa shape index (κ2) is 6.71. The number of aromatic nitrogens is 2. The number of hydrogen-bond donors (Lipinski definition) is 1. The molecule has 8 nitrogen and oxygen atoms in total. The van der Waals surface area contributed by atoms with Crippen LogP contribution in [0, 0.1) is 6.92 Å². The van der Waals surface area contributed by atoms with Crippen LogP contribution in [0.1, 0.15) is 11.8 Å². The number of esters is 1. The van der Waals surface area contributed by atoms with Crippen molar-refractivity contribution in [3.63, 3.8) is 0 Å². The SMILES string of the molecule is Cc1cn(C2C=CC(COC(=O)CN(C)C)O2)c(=O)[nH]c1=O. The lowest BCUT2D eigenvalue weighted by Gasteiger charge is -2.17. The Labute approximate surface area is 127 Å². The zero-order valence-electron chi connectivity index (χ0n) is 12.7. The Hall–Kier alpha value is -2.19. The van der Waals surface area contributed by atoms with Crippen LogP contribution in [0.5, 0.6) is 0 Å². The number of rotatable bonds is 5. The first-order valence-corrected chi connectivity index (χ1v) is 6.83. The molecule has 1 aliphatic heterocycles. The molecule has 0 radical (unpaired) electrons. The standard InChI is InChI=1S/C14H19N3O5/c1-9-6-17(14(20)15-13(9)19)11-5-4-10(22-11)8-21-12(18)7-16(2)3/h4-6,10-11H,7-8H2,1-3H3,(H,15,19,20). The summed E-state index contributed by atoms with van der Waals surface area (Å²) in [5, 5.41) is 0. The Morgan fingerprint density at radius 1 is 1.41 bits per heavy atom. The highest BCUT2D eigenvalue weighted by Crippen LogP contribution is 2.19. The van der Waals surface area contributed by atoms with Gasteiger partial charge in [-0.25, -0.2) is 4.79 Å². The minimum Gasteiger partial charge on any atom is -0.462 e. The summed E-state index contributed by atoms with van der Waals surface area (Å²) in [6, 6.07) is 0. The van der Waals surface area contributed by atoms with Crippen LogP contribution in [-0.4, -0.2) is 53.8 Å². The summed E-state index contributed by atoms with van der Waals surface area (Å²) in [5.74, 6) is -0.345. The summed E-state index contributed by atoms with van der Waals surface area (Å²) in [4.78, 5) is 38.5. The molecule has 1 N–H and O–H groups in total. The highest BCUT2D eigenvalue weighted by atomic mass is 16.6. The van der Waals surface area contributed by atoms with Crippen LogP contribution >= 0.6 is 0 Å². The number of carbonyl (C=O) groups excluding carboxylic acids is 1. The molecule has 22 heavy (non-hydrogen) atoms. The predicted octanol–water partition coefficient (Wildman–Crippen LogP) is -0.597. The molecule has 2 heterocycles. The number of nitrogens with one attached hydrogen (secondary N) is 1. The normalized spacial score (nSPS) is 20.5. The minimum absolute atomic E-state index is 0.0801. The van der Waals surface area contributed by atoms with Crippen LogP contribution in [0.3, 0.4) is 0 Å². The van der Waals surface area contributed by atoms with Crippen molar-refractivity contribution in [3.8, 4) is 0 Å². The maximum Gasteiger partial charge on any atom is 0.330 e. The lowest BCUT2D eigenvalue weighted by Crippen LogP contribution is -2.34. The Kier molecular flexibility index (Phi) is 4.94. The highest BCUT2D eigenvalue weighted by molar-refractivity contribution is 5.71. The number of nitrogens with zero attached hydrogens (tertiary/aromatic N) is 2. The number of likely N-dealkylation sites (N-methyl/N-ethyl adjacent to an activating group) is 1. The molecular formula is C14H19N3O5. The number of hydrogen-bond acceptors (Lipinski definition) is 6. The lowest BCUT2D eigenvalue weighted by atomic mass is 10.3. The van der Waals surface area contributed by atoms with Crippen LogP contribution in [0.25, 0.3) is 0 Å². The number of ether oxygens (including phenoxy) is 2. The van der Waals surface area contributed by atoms with Gasteiger partial charge in [0.05, 0.1) is 6.54 Å². The largest absolute Gasteiger partial charge is 0.462 e. The molecule has 0 saturated carbocycles. The molecule has 0 fully saturated rings. The fourth-order valence-electron chi connectivity index (χ4n) is 2.00. The van der Waals surface area contributed by atoms with Crippen molar-refractivity contribution in [3.05, 3.63) is 44.8 Å². The van der Waals surface area contributed by atoms with Crippen molar-refractivity contribution >= 4 is 5.97 Å². The summed E-state index contributed by atoms with van der Waals surface area (Å²) in [6.45, 7) is 1.88. The van der Waals surface area contributed by atoms with Crippen LogP contribution in [0.4, 0.5) is 0 Å². The molecule has 2 rings (SSSR count). The van der Waals surface area contributed by atoms with Gasteiger partial charge in [0.2, 0.25) is 0 Å². The number of aromatic amines is 1. The quantitative estimate of drug-likeness (QED) is 0.577. The predicted molar refractivity (Wildman–Crippen MR) is 78.6 cm³/mol. The smallest absolute Gasteiger partial charge is 0.330 e. The van der Waals surface area contributed by atoms with E-state index in [-0.39, 0.29) is 19.1 Å². The fourth-order valence-corrected chi connectivity index (χ4v) is 2.00. The van der Waals surface area contributed by atoms with Gasteiger partial charge in [0, 0.05) is 11.8 Å². The van der Waals surface area contributed by atoms with Gasteiger partial charge in [0.15, 0.2) is 6.23 Å². The van der Waals surface area contributed by atoms with Crippen LogP contribution in [0.2, 0.25) is 0 Å². The lowest BCUT2D eigenvalue weighted by molar-refractivity contribution is -0.148. The minimum atomic E-state index is -0.624. The number of H-pyrrole nitrogens is 1. The van der Waals surface area contributed by atoms with Gasteiger partial charge < -0.3 is 9.47 Å². The van der Waals surface area contributed by atoms with Gasteiger partial charge in [0.25, 0.3) is 5.56 Å². The third kappa shape index (κ3) is 3.92. The van der Waals surface area contributed by atoms with Crippen LogP contribution < -0.4 is 11.2 Å². The van der Waals surface area contributed by atoms with E-state index in [4.69, 9.17) is 9.47 Å².